The summed E-state index contributed by atoms with van der Waals surface area (Å²) >= 11 is 0. The zero-order valence-corrected chi connectivity index (χ0v) is 8.13. The minimum absolute atomic E-state index is 0.195. The molecule has 0 heterocycles. The summed E-state index contributed by atoms with van der Waals surface area (Å²) in [7, 11) is -3.18. The second kappa shape index (κ2) is 3.88. The van der Waals surface area contributed by atoms with Crippen molar-refractivity contribution >= 4 is 7.52 Å². The van der Waals surface area contributed by atoms with Gasteiger partial charge in [0, 0.05) is 12.7 Å². The molecule has 12 heavy (non-hydrogen) atoms. The van der Waals surface area contributed by atoms with Crippen LogP contribution in [0.3, 0.4) is 0 Å². The van der Waals surface area contributed by atoms with Crippen LogP contribution in [-0.2, 0) is 4.57 Å². The lowest BCUT2D eigenvalue weighted by atomic mass is 9.93. The van der Waals surface area contributed by atoms with Gasteiger partial charge >= 0.3 is 0 Å². The van der Waals surface area contributed by atoms with Gasteiger partial charge in [0.2, 0.25) is 0 Å². The Kier molecular flexibility index (Phi) is 3.29. The zero-order chi connectivity index (χ0) is 9.19. The molecule has 0 aromatic carbocycles. The van der Waals surface area contributed by atoms with E-state index in [0.29, 0.717) is 0 Å². The SMILES string of the molecule is CP(=O)(O)NC1CCCCC1O. The predicted octanol–water partition coefficient (Wildman–Crippen LogP) is 0.695. The van der Waals surface area contributed by atoms with Crippen LogP contribution in [0.1, 0.15) is 25.7 Å². The average Bonchev–Trinajstić information content (AvgIpc) is 1.91. The largest absolute Gasteiger partial charge is 0.391 e. The van der Waals surface area contributed by atoms with Crippen molar-refractivity contribution in [3.8, 4) is 0 Å². The lowest BCUT2D eigenvalue weighted by Crippen LogP contribution is -2.40. The van der Waals surface area contributed by atoms with Crippen LogP contribution in [-0.4, -0.2) is 28.8 Å². The molecule has 3 unspecified atom stereocenters. The van der Waals surface area contributed by atoms with E-state index < -0.39 is 13.6 Å². The van der Waals surface area contributed by atoms with E-state index in [9.17, 15) is 9.67 Å². The molecule has 3 N–H and O–H groups in total. The Morgan fingerprint density at radius 3 is 2.50 bits per heavy atom. The van der Waals surface area contributed by atoms with Gasteiger partial charge in [0.15, 0.2) is 0 Å². The molecule has 1 saturated carbocycles. The summed E-state index contributed by atoms with van der Waals surface area (Å²) in [4.78, 5) is 9.02. The molecule has 3 atom stereocenters. The van der Waals surface area contributed by atoms with Gasteiger partial charge in [-0.2, -0.15) is 0 Å². The highest BCUT2D eigenvalue weighted by atomic mass is 31.2. The van der Waals surface area contributed by atoms with E-state index in [-0.39, 0.29) is 6.04 Å². The van der Waals surface area contributed by atoms with E-state index in [2.05, 4.69) is 5.09 Å². The molecule has 1 aliphatic rings. The van der Waals surface area contributed by atoms with Crippen LogP contribution in [0.25, 0.3) is 0 Å². The van der Waals surface area contributed by atoms with Crippen LogP contribution in [0.5, 0.6) is 0 Å². The smallest absolute Gasteiger partial charge is 0.264 e. The first-order valence-electron chi connectivity index (χ1n) is 4.25. The van der Waals surface area contributed by atoms with Crippen molar-refractivity contribution in [2.75, 3.05) is 6.66 Å². The molecule has 0 bridgehead atoms. The molecule has 1 aliphatic carbocycles. The highest BCUT2D eigenvalue weighted by Gasteiger charge is 2.26. The fraction of sp³-hybridized carbons (Fsp3) is 1.00. The van der Waals surface area contributed by atoms with Crippen molar-refractivity contribution in [1.82, 2.24) is 5.09 Å². The third-order valence-corrected chi connectivity index (χ3v) is 2.95. The molecular weight excluding hydrogens is 177 g/mol. The number of nitrogens with one attached hydrogen (secondary N) is 1. The Bertz CT molecular complexity index is 191. The van der Waals surface area contributed by atoms with E-state index >= 15 is 0 Å². The van der Waals surface area contributed by atoms with Gasteiger partial charge in [-0.05, 0) is 12.8 Å². The Morgan fingerprint density at radius 2 is 2.00 bits per heavy atom. The summed E-state index contributed by atoms with van der Waals surface area (Å²) in [6.07, 6.45) is 3.10. The van der Waals surface area contributed by atoms with E-state index in [1.54, 1.807) is 0 Å². The molecule has 72 valence electrons. The molecule has 0 spiro atoms. The topological polar surface area (TPSA) is 69.6 Å². The van der Waals surface area contributed by atoms with E-state index in [4.69, 9.17) is 4.89 Å². The maximum atomic E-state index is 11.0. The van der Waals surface area contributed by atoms with Crippen molar-refractivity contribution < 1.29 is 14.6 Å². The monoisotopic (exact) mass is 193 g/mol. The number of aliphatic hydroxyl groups excluding tert-OH is 1. The van der Waals surface area contributed by atoms with Crippen LogP contribution in [0.4, 0.5) is 0 Å². The molecule has 0 aliphatic heterocycles. The summed E-state index contributed by atoms with van der Waals surface area (Å²) in [5.41, 5.74) is 0. The minimum Gasteiger partial charge on any atom is -0.391 e. The van der Waals surface area contributed by atoms with Crippen molar-refractivity contribution in [2.45, 2.75) is 37.8 Å². The van der Waals surface area contributed by atoms with Crippen LogP contribution in [0, 0.1) is 0 Å². The summed E-state index contributed by atoms with van der Waals surface area (Å²) in [6.45, 7) is 1.26. The summed E-state index contributed by atoms with van der Waals surface area (Å²) in [6, 6.07) is -0.195. The van der Waals surface area contributed by atoms with E-state index in [0.717, 1.165) is 25.7 Å². The molecule has 1 rings (SSSR count). The summed E-state index contributed by atoms with van der Waals surface area (Å²) < 4.78 is 11.0. The maximum absolute atomic E-state index is 11.0. The molecule has 0 aromatic rings. The first-order chi connectivity index (χ1) is 5.49. The normalized spacial score (nSPS) is 35.9. The Hall–Kier alpha value is 0.110. The fourth-order valence-electron chi connectivity index (χ4n) is 1.57. The molecule has 4 nitrogen and oxygen atoms in total. The van der Waals surface area contributed by atoms with Crippen LogP contribution in [0.15, 0.2) is 0 Å². The average molecular weight is 193 g/mol. The number of hydrogen-bond donors (Lipinski definition) is 3. The van der Waals surface area contributed by atoms with E-state index in [1.807, 2.05) is 0 Å². The first-order valence-corrected chi connectivity index (χ1v) is 6.36. The molecule has 5 heteroatoms. The summed E-state index contributed by atoms with van der Waals surface area (Å²) in [5, 5.41) is 12.0. The molecule has 1 fully saturated rings. The van der Waals surface area contributed by atoms with Crippen molar-refractivity contribution in [3.05, 3.63) is 0 Å². The van der Waals surface area contributed by atoms with Crippen LogP contribution >= 0.6 is 7.52 Å². The third kappa shape index (κ3) is 3.23. The van der Waals surface area contributed by atoms with Gasteiger partial charge in [0.05, 0.1) is 6.10 Å². The predicted molar refractivity (Wildman–Crippen MR) is 47.1 cm³/mol. The fourth-order valence-corrected chi connectivity index (χ4v) is 2.49. The van der Waals surface area contributed by atoms with Gasteiger partial charge in [0.1, 0.15) is 0 Å². The van der Waals surface area contributed by atoms with Crippen LogP contribution in [0.2, 0.25) is 0 Å². The van der Waals surface area contributed by atoms with Gasteiger partial charge < -0.3 is 10.00 Å². The van der Waals surface area contributed by atoms with Gasteiger partial charge in [-0.15, -0.1) is 0 Å². The third-order valence-electron chi connectivity index (χ3n) is 2.13. The van der Waals surface area contributed by atoms with Crippen molar-refractivity contribution in [3.63, 3.8) is 0 Å². The maximum Gasteiger partial charge on any atom is 0.264 e. The van der Waals surface area contributed by atoms with Crippen molar-refractivity contribution in [2.24, 2.45) is 0 Å². The molecule has 0 radical (unpaired) electrons. The molecule has 0 saturated heterocycles. The Morgan fingerprint density at radius 1 is 1.42 bits per heavy atom. The van der Waals surface area contributed by atoms with Gasteiger partial charge in [-0.25, -0.2) is 5.09 Å². The summed E-state index contributed by atoms with van der Waals surface area (Å²) in [5.74, 6) is 0. The number of rotatable bonds is 2. The van der Waals surface area contributed by atoms with E-state index in [1.165, 1.54) is 6.66 Å². The Balaban J connectivity index is 2.44. The Labute approximate surface area is 72.5 Å². The van der Waals surface area contributed by atoms with Crippen molar-refractivity contribution in [1.29, 1.82) is 0 Å². The standard InChI is InChI=1S/C7H16NO3P/c1-12(10,11)8-6-4-2-3-5-7(6)9/h6-7,9H,2-5H2,1H3,(H2,8,10,11). The van der Waals surface area contributed by atoms with Gasteiger partial charge in [-0.1, -0.05) is 12.8 Å². The second-order valence-corrected chi connectivity index (χ2v) is 5.48. The van der Waals surface area contributed by atoms with Gasteiger partial charge in [-0.3, -0.25) is 4.57 Å². The first kappa shape index (κ1) is 10.2. The quantitative estimate of drug-likeness (QED) is 0.564. The second-order valence-electron chi connectivity index (χ2n) is 3.47. The lowest BCUT2D eigenvalue weighted by Gasteiger charge is -2.29. The highest BCUT2D eigenvalue weighted by molar-refractivity contribution is 7.55. The molecule has 0 aromatic heterocycles. The van der Waals surface area contributed by atoms with Crippen LogP contribution < -0.4 is 5.09 Å². The minimum atomic E-state index is -3.18. The molecular formula is C7H16NO3P. The highest BCUT2D eigenvalue weighted by Crippen LogP contribution is 2.33. The number of aliphatic hydroxyl groups is 1. The van der Waals surface area contributed by atoms with Gasteiger partial charge in [0.25, 0.3) is 7.52 Å². The lowest BCUT2D eigenvalue weighted by molar-refractivity contribution is 0.0996. The zero-order valence-electron chi connectivity index (χ0n) is 7.23. The number of hydrogen-bond acceptors (Lipinski definition) is 2. The molecule has 0 amide bonds.